The first kappa shape index (κ1) is 15.8. The maximum Gasteiger partial charge on any atom is 0.272 e. The van der Waals surface area contributed by atoms with Crippen LogP contribution in [0.1, 0.15) is 11.7 Å². The van der Waals surface area contributed by atoms with Gasteiger partial charge in [0.05, 0.1) is 11.0 Å². The molecule has 116 valence electrons. The van der Waals surface area contributed by atoms with Crippen LogP contribution in [-0.2, 0) is 0 Å². The second-order valence-corrected chi connectivity index (χ2v) is 4.37. The van der Waals surface area contributed by atoms with Gasteiger partial charge in [0.25, 0.3) is 5.69 Å². The fourth-order valence-electron chi connectivity index (χ4n) is 1.70. The third kappa shape index (κ3) is 3.53. The molecule has 0 saturated carbocycles. The van der Waals surface area contributed by atoms with Gasteiger partial charge >= 0.3 is 0 Å². The van der Waals surface area contributed by atoms with Crippen LogP contribution >= 0.6 is 0 Å². The molecule has 0 aliphatic carbocycles. The van der Waals surface area contributed by atoms with Crippen molar-refractivity contribution in [2.24, 2.45) is 0 Å². The highest BCUT2D eigenvalue weighted by Crippen LogP contribution is 2.24. The van der Waals surface area contributed by atoms with Crippen LogP contribution < -0.4 is 4.74 Å². The van der Waals surface area contributed by atoms with Crippen molar-refractivity contribution in [3.05, 3.63) is 69.5 Å². The highest BCUT2D eigenvalue weighted by Gasteiger charge is 2.15. The van der Waals surface area contributed by atoms with E-state index < -0.39 is 40.8 Å². The maximum atomic E-state index is 13.6. The minimum atomic E-state index is -1.32. The van der Waals surface area contributed by atoms with Crippen LogP contribution in [0, 0.1) is 27.6 Å². The van der Waals surface area contributed by atoms with Gasteiger partial charge in [-0.15, -0.1) is 0 Å². The van der Waals surface area contributed by atoms with E-state index >= 15 is 0 Å². The molecule has 5 nitrogen and oxygen atoms in total. The molecular weight excluding hydrogens is 303 g/mol. The van der Waals surface area contributed by atoms with Crippen LogP contribution in [0.5, 0.6) is 5.75 Å². The quantitative estimate of drug-likeness (QED) is 0.680. The van der Waals surface area contributed by atoms with E-state index in [1.54, 1.807) is 0 Å². The van der Waals surface area contributed by atoms with Crippen molar-refractivity contribution in [2.45, 2.75) is 6.10 Å². The predicted molar refractivity (Wildman–Crippen MR) is 69.9 cm³/mol. The molecule has 2 aromatic carbocycles. The molecule has 0 amide bonds. The van der Waals surface area contributed by atoms with Crippen molar-refractivity contribution in [1.82, 2.24) is 0 Å². The zero-order chi connectivity index (χ0) is 16.3. The van der Waals surface area contributed by atoms with E-state index in [0.717, 1.165) is 24.3 Å². The Balaban J connectivity index is 2.06. The summed E-state index contributed by atoms with van der Waals surface area (Å²) in [5, 5.41) is 20.3. The van der Waals surface area contributed by atoms with E-state index in [1.807, 2.05) is 0 Å². The van der Waals surface area contributed by atoms with E-state index in [-0.39, 0.29) is 11.3 Å². The highest BCUT2D eigenvalue weighted by molar-refractivity contribution is 5.37. The molecule has 2 rings (SSSR count). The fraction of sp³-hybridized carbons (Fsp3) is 0.143. The highest BCUT2D eigenvalue weighted by atomic mass is 19.2. The minimum Gasteiger partial charge on any atom is -0.487 e. The molecule has 0 bridgehead atoms. The standard InChI is InChI=1S/C14H10F3NO4/c15-10-3-1-8(5-11(10)16)13(19)7-22-14-4-2-9(18(20)21)6-12(14)17/h1-6,13,19H,7H2. The van der Waals surface area contributed by atoms with Crippen molar-refractivity contribution in [2.75, 3.05) is 6.61 Å². The van der Waals surface area contributed by atoms with Gasteiger partial charge in [-0.2, -0.15) is 0 Å². The number of rotatable bonds is 5. The van der Waals surface area contributed by atoms with Gasteiger partial charge in [-0.1, -0.05) is 6.07 Å². The molecule has 1 atom stereocenters. The Labute approximate surface area is 122 Å². The summed E-state index contributed by atoms with van der Waals surface area (Å²) >= 11 is 0. The van der Waals surface area contributed by atoms with Crippen LogP contribution in [0.15, 0.2) is 36.4 Å². The molecule has 0 fully saturated rings. The number of aliphatic hydroxyl groups is 1. The molecule has 2 aromatic rings. The summed E-state index contributed by atoms with van der Waals surface area (Å²) in [7, 11) is 0. The van der Waals surface area contributed by atoms with Gasteiger partial charge in [0.1, 0.15) is 12.7 Å². The largest absolute Gasteiger partial charge is 0.487 e. The number of ether oxygens (including phenoxy) is 1. The number of halogens is 3. The third-order valence-electron chi connectivity index (χ3n) is 2.85. The Morgan fingerprint density at radius 3 is 2.41 bits per heavy atom. The average Bonchev–Trinajstić information content (AvgIpc) is 2.48. The lowest BCUT2D eigenvalue weighted by atomic mass is 10.1. The number of hydrogen-bond donors (Lipinski definition) is 1. The van der Waals surface area contributed by atoms with E-state index in [0.29, 0.717) is 6.07 Å². The molecule has 0 saturated heterocycles. The fourth-order valence-corrected chi connectivity index (χ4v) is 1.70. The first-order valence-corrected chi connectivity index (χ1v) is 6.08. The first-order chi connectivity index (χ1) is 10.4. The molecule has 1 N–H and O–H groups in total. The van der Waals surface area contributed by atoms with Gasteiger partial charge in [0.15, 0.2) is 23.2 Å². The van der Waals surface area contributed by atoms with Crippen LogP contribution in [-0.4, -0.2) is 16.6 Å². The Bertz CT molecular complexity index is 708. The summed E-state index contributed by atoms with van der Waals surface area (Å²) in [6.45, 7) is -0.431. The third-order valence-corrected chi connectivity index (χ3v) is 2.85. The van der Waals surface area contributed by atoms with E-state index in [2.05, 4.69) is 0 Å². The van der Waals surface area contributed by atoms with Crippen molar-refractivity contribution in [1.29, 1.82) is 0 Å². The van der Waals surface area contributed by atoms with Gasteiger partial charge in [-0.05, 0) is 23.8 Å². The molecule has 0 aliphatic heterocycles. The maximum absolute atomic E-state index is 13.6. The van der Waals surface area contributed by atoms with Crippen LogP contribution in [0.3, 0.4) is 0 Å². The second kappa shape index (κ2) is 6.44. The predicted octanol–water partition coefficient (Wildman–Crippen LogP) is 3.12. The number of hydrogen-bond acceptors (Lipinski definition) is 4. The molecule has 0 heterocycles. The number of nitrogens with zero attached hydrogens (tertiary/aromatic N) is 1. The Kier molecular flexibility index (Phi) is 4.62. The molecule has 22 heavy (non-hydrogen) atoms. The monoisotopic (exact) mass is 313 g/mol. The smallest absolute Gasteiger partial charge is 0.272 e. The minimum absolute atomic E-state index is 0.0567. The molecule has 0 spiro atoms. The average molecular weight is 313 g/mol. The van der Waals surface area contributed by atoms with Gasteiger partial charge in [0.2, 0.25) is 0 Å². The number of non-ortho nitro benzene ring substituents is 1. The van der Waals surface area contributed by atoms with E-state index in [1.165, 1.54) is 6.07 Å². The first-order valence-electron chi connectivity index (χ1n) is 6.08. The summed E-state index contributed by atoms with van der Waals surface area (Å²) in [5.41, 5.74) is -0.382. The van der Waals surface area contributed by atoms with Gasteiger partial charge < -0.3 is 9.84 Å². The normalized spacial score (nSPS) is 12.0. The SMILES string of the molecule is O=[N+]([O-])c1ccc(OCC(O)c2ccc(F)c(F)c2)c(F)c1. The number of nitro groups is 1. The van der Waals surface area contributed by atoms with Crippen molar-refractivity contribution >= 4 is 5.69 Å². The molecule has 0 aliphatic rings. The zero-order valence-corrected chi connectivity index (χ0v) is 11.0. The van der Waals surface area contributed by atoms with Crippen LogP contribution in [0.4, 0.5) is 18.9 Å². The lowest BCUT2D eigenvalue weighted by Gasteiger charge is -2.13. The number of aliphatic hydroxyl groups excluding tert-OH is 1. The molecule has 0 aromatic heterocycles. The van der Waals surface area contributed by atoms with E-state index in [4.69, 9.17) is 4.74 Å². The second-order valence-electron chi connectivity index (χ2n) is 4.37. The molecular formula is C14H10F3NO4. The molecule has 0 radical (unpaired) electrons. The lowest BCUT2D eigenvalue weighted by molar-refractivity contribution is -0.385. The summed E-state index contributed by atoms with van der Waals surface area (Å²) in [6.07, 6.45) is -1.32. The molecule has 1 unspecified atom stereocenters. The summed E-state index contributed by atoms with van der Waals surface area (Å²) in [6, 6.07) is 5.58. The lowest BCUT2D eigenvalue weighted by Crippen LogP contribution is -2.11. The van der Waals surface area contributed by atoms with E-state index in [9.17, 15) is 28.4 Å². The van der Waals surface area contributed by atoms with Gasteiger partial charge in [-0.25, -0.2) is 13.2 Å². The summed E-state index contributed by atoms with van der Waals surface area (Å²) in [4.78, 5) is 9.71. The van der Waals surface area contributed by atoms with Crippen LogP contribution in [0.2, 0.25) is 0 Å². The Morgan fingerprint density at radius 2 is 1.82 bits per heavy atom. The Morgan fingerprint density at radius 1 is 1.09 bits per heavy atom. The Hall–Kier alpha value is -2.61. The van der Waals surface area contributed by atoms with Crippen LogP contribution in [0.25, 0.3) is 0 Å². The number of benzene rings is 2. The summed E-state index contributed by atoms with van der Waals surface area (Å²) in [5.74, 6) is -3.45. The van der Waals surface area contributed by atoms with Gasteiger partial charge in [-0.3, -0.25) is 10.1 Å². The number of nitro benzene ring substituents is 1. The van der Waals surface area contributed by atoms with Crippen molar-refractivity contribution in [3.63, 3.8) is 0 Å². The molecule has 8 heteroatoms. The topological polar surface area (TPSA) is 72.6 Å². The zero-order valence-electron chi connectivity index (χ0n) is 11.0. The van der Waals surface area contributed by atoms with Crippen molar-refractivity contribution < 1.29 is 27.9 Å². The summed E-state index contributed by atoms with van der Waals surface area (Å²) < 4.78 is 44.4. The van der Waals surface area contributed by atoms with Gasteiger partial charge in [0, 0.05) is 6.07 Å². The van der Waals surface area contributed by atoms with Crippen molar-refractivity contribution in [3.8, 4) is 5.75 Å².